The standard InChI is InChI=1S/C16H18FNO2/c1-19-14-7-12(8-15(9-14)20-2)10-18-11-13-5-3-4-6-16(13)17/h3-9,18H,10-11H2,1-2H3. The smallest absolute Gasteiger partial charge is 0.127 e. The highest BCUT2D eigenvalue weighted by Crippen LogP contribution is 2.22. The van der Waals surface area contributed by atoms with Gasteiger partial charge in [-0.2, -0.15) is 0 Å². The molecule has 0 fully saturated rings. The molecule has 0 aromatic heterocycles. The van der Waals surface area contributed by atoms with Gasteiger partial charge in [0.2, 0.25) is 0 Å². The van der Waals surface area contributed by atoms with E-state index in [1.54, 1.807) is 26.4 Å². The monoisotopic (exact) mass is 275 g/mol. The van der Waals surface area contributed by atoms with Gasteiger partial charge in [0.05, 0.1) is 14.2 Å². The molecular weight excluding hydrogens is 257 g/mol. The maximum Gasteiger partial charge on any atom is 0.127 e. The Kier molecular flexibility index (Phi) is 4.96. The van der Waals surface area contributed by atoms with Crippen molar-refractivity contribution < 1.29 is 13.9 Å². The number of hydrogen-bond donors (Lipinski definition) is 1. The fourth-order valence-corrected chi connectivity index (χ4v) is 1.95. The van der Waals surface area contributed by atoms with Crippen molar-refractivity contribution in [3.8, 4) is 11.5 Å². The van der Waals surface area contributed by atoms with Crippen LogP contribution in [0.15, 0.2) is 42.5 Å². The summed E-state index contributed by atoms with van der Waals surface area (Å²) in [5, 5.41) is 3.21. The summed E-state index contributed by atoms with van der Waals surface area (Å²) in [5.74, 6) is 1.29. The highest BCUT2D eigenvalue weighted by Gasteiger charge is 2.03. The van der Waals surface area contributed by atoms with Gasteiger partial charge in [-0.25, -0.2) is 4.39 Å². The normalized spacial score (nSPS) is 10.3. The van der Waals surface area contributed by atoms with Crippen molar-refractivity contribution in [1.82, 2.24) is 5.32 Å². The molecule has 4 heteroatoms. The van der Waals surface area contributed by atoms with Crippen LogP contribution in [0.3, 0.4) is 0 Å². The lowest BCUT2D eigenvalue weighted by atomic mass is 10.1. The Morgan fingerprint density at radius 3 is 2.20 bits per heavy atom. The Bertz CT molecular complexity index is 550. The van der Waals surface area contributed by atoms with Gasteiger partial charge in [0, 0.05) is 24.7 Å². The molecule has 106 valence electrons. The predicted octanol–water partition coefficient (Wildman–Crippen LogP) is 3.13. The van der Waals surface area contributed by atoms with E-state index >= 15 is 0 Å². The van der Waals surface area contributed by atoms with E-state index in [1.165, 1.54) is 6.07 Å². The first-order valence-electron chi connectivity index (χ1n) is 6.39. The van der Waals surface area contributed by atoms with Gasteiger partial charge < -0.3 is 14.8 Å². The largest absolute Gasteiger partial charge is 0.497 e. The van der Waals surface area contributed by atoms with Crippen molar-refractivity contribution in [2.75, 3.05) is 14.2 Å². The topological polar surface area (TPSA) is 30.5 Å². The van der Waals surface area contributed by atoms with Crippen LogP contribution in [-0.2, 0) is 13.1 Å². The minimum absolute atomic E-state index is 0.191. The lowest BCUT2D eigenvalue weighted by Crippen LogP contribution is -2.13. The van der Waals surface area contributed by atoms with Crippen molar-refractivity contribution in [3.63, 3.8) is 0 Å². The summed E-state index contributed by atoms with van der Waals surface area (Å²) >= 11 is 0. The van der Waals surface area contributed by atoms with Crippen molar-refractivity contribution in [1.29, 1.82) is 0 Å². The molecule has 1 N–H and O–H groups in total. The van der Waals surface area contributed by atoms with Crippen LogP contribution >= 0.6 is 0 Å². The van der Waals surface area contributed by atoms with Crippen LogP contribution in [0.4, 0.5) is 4.39 Å². The Morgan fingerprint density at radius 1 is 0.950 bits per heavy atom. The molecule has 0 atom stereocenters. The first kappa shape index (κ1) is 14.3. The Hall–Kier alpha value is -2.07. The third-order valence-electron chi connectivity index (χ3n) is 3.01. The Labute approximate surface area is 118 Å². The van der Waals surface area contributed by atoms with Crippen LogP contribution in [0.5, 0.6) is 11.5 Å². The zero-order chi connectivity index (χ0) is 14.4. The summed E-state index contributed by atoms with van der Waals surface area (Å²) < 4.78 is 23.9. The van der Waals surface area contributed by atoms with Gasteiger partial charge in [0.1, 0.15) is 17.3 Å². The molecule has 0 spiro atoms. The highest BCUT2D eigenvalue weighted by molar-refractivity contribution is 5.38. The molecule has 0 saturated carbocycles. The summed E-state index contributed by atoms with van der Waals surface area (Å²) in [4.78, 5) is 0. The van der Waals surface area contributed by atoms with Gasteiger partial charge in [0.25, 0.3) is 0 Å². The van der Waals surface area contributed by atoms with Crippen LogP contribution in [0.1, 0.15) is 11.1 Å². The second-order valence-corrected chi connectivity index (χ2v) is 4.42. The van der Waals surface area contributed by atoms with Crippen molar-refractivity contribution >= 4 is 0 Å². The number of benzene rings is 2. The Morgan fingerprint density at radius 2 is 1.60 bits per heavy atom. The Balaban J connectivity index is 1.99. The summed E-state index contributed by atoms with van der Waals surface area (Å²) in [6, 6.07) is 12.4. The number of methoxy groups -OCH3 is 2. The highest BCUT2D eigenvalue weighted by atomic mass is 19.1. The minimum atomic E-state index is -0.191. The second-order valence-electron chi connectivity index (χ2n) is 4.42. The summed E-state index contributed by atoms with van der Waals surface area (Å²) in [7, 11) is 3.23. The van der Waals surface area contributed by atoms with Crippen molar-refractivity contribution in [3.05, 3.63) is 59.4 Å². The van der Waals surface area contributed by atoms with Crippen LogP contribution in [0.25, 0.3) is 0 Å². The second kappa shape index (κ2) is 6.91. The molecule has 0 heterocycles. The molecule has 0 unspecified atom stereocenters. The van der Waals surface area contributed by atoms with Crippen LogP contribution in [0, 0.1) is 5.82 Å². The zero-order valence-electron chi connectivity index (χ0n) is 11.7. The molecule has 0 aliphatic carbocycles. The van der Waals surface area contributed by atoms with Gasteiger partial charge in [-0.3, -0.25) is 0 Å². The third-order valence-corrected chi connectivity index (χ3v) is 3.01. The van der Waals surface area contributed by atoms with Gasteiger partial charge >= 0.3 is 0 Å². The molecule has 0 amide bonds. The molecular formula is C16H18FNO2. The van der Waals surface area contributed by atoms with Gasteiger partial charge in [-0.15, -0.1) is 0 Å². The molecule has 0 saturated heterocycles. The van der Waals surface area contributed by atoms with Crippen LogP contribution in [-0.4, -0.2) is 14.2 Å². The first-order valence-corrected chi connectivity index (χ1v) is 6.39. The number of rotatable bonds is 6. The molecule has 20 heavy (non-hydrogen) atoms. The molecule has 2 aromatic rings. The van der Waals surface area contributed by atoms with E-state index in [9.17, 15) is 4.39 Å². The van der Waals surface area contributed by atoms with E-state index in [0.717, 1.165) is 17.1 Å². The average Bonchev–Trinajstić information content (AvgIpc) is 2.48. The molecule has 2 aromatic carbocycles. The third kappa shape index (κ3) is 3.71. The van der Waals surface area contributed by atoms with E-state index in [2.05, 4.69) is 5.32 Å². The molecule has 3 nitrogen and oxygen atoms in total. The van der Waals surface area contributed by atoms with Gasteiger partial charge in [0.15, 0.2) is 0 Å². The number of ether oxygens (including phenoxy) is 2. The average molecular weight is 275 g/mol. The minimum Gasteiger partial charge on any atom is -0.497 e. The maximum absolute atomic E-state index is 13.5. The quantitative estimate of drug-likeness (QED) is 0.878. The number of nitrogens with one attached hydrogen (secondary N) is 1. The predicted molar refractivity (Wildman–Crippen MR) is 76.5 cm³/mol. The molecule has 0 aliphatic heterocycles. The summed E-state index contributed by atoms with van der Waals surface area (Å²) in [6.45, 7) is 1.09. The van der Waals surface area contributed by atoms with E-state index in [1.807, 2.05) is 24.3 Å². The van der Waals surface area contributed by atoms with Crippen molar-refractivity contribution in [2.24, 2.45) is 0 Å². The van der Waals surface area contributed by atoms with Crippen LogP contribution < -0.4 is 14.8 Å². The lowest BCUT2D eigenvalue weighted by molar-refractivity contribution is 0.393. The zero-order valence-corrected chi connectivity index (χ0v) is 11.7. The lowest BCUT2D eigenvalue weighted by Gasteiger charge is -2.10. The van der Waals surface area contributed by atoms with E-state index in [-0.39, 0.29) is 5.82 Å². The molecule has 0 radical (unpaired) electrons. The van der Waals surface area contributed by atoms with E-state index in [4.69, 9.17) is 9.47 Å². The number of halogens is 1. The van der Waals surface area contributed by atoms with Crippen molar-refractivity contribution in [2.45, 2.75) is 13.1 Å². The van der Waals surface area contributed by atoms with E-state index in [0.29, 0.717) is 18.7 Å². The van der Waals surface area contributed by atoms with Gasteiger partial charge in [-0.1, -0.05) is 18.2 Å². The fourth-order valence-electron chi connectivity index (χ4n) is 1.95. The van der Waals surface area contributed by atoms with Crippen LogP contribution in [0.2, 0.25) is 0 Å². The number of hydrogen-bond acceptors (Lipinski definition) is 3. The fraction of sp³-hybridized carbons (Fsp3) is 0.250. The van der Waals surface area contributed by atoms with E-state index < -0.39 is 0 Å². The molecule has 0 aliphatic rings. The molecule has 0 bridgehead atoms. The summed E-state index contributed by atoms with van der Waals surface area (Å²) in [6.07, 6.45) is 0. The molecule has 2 rings (SSSR count). The maximum atomic E-state index is 13.5. The SMILES string of the molecule is COc1cc(CNCc2ccccc2F)cc(OC)c1. The first-order chi connectivity index (χ1) is 9.72. The van der Waals surface area contributed by atoms with Gasteiger partial charge in [-0.05, 0) is 23.8 Å². The summed E-state index contributed by atoms with van der Waals surface area (Å²) in [5.41, 5.74) is 1.68.